The van der Waals surface area contributed by atoms with Crippen molar-refractivity contribution in [2.45, 2.75) is 19.0 Å². The predicted octanol–water partition coefficient (Wildman–Crippen LogP) is 3.82. The zero-order chi connectivity index (χ0) is 14.5. The standard InChI is InChI=1S/C14H17FN4S/c1-4-16-12-8-13(19-14(18-12)20-3)17-11-7-5-6-10(15)9(11)2/h5-8H,4H2,1-3H3,(H2,16,17,18,19). The van der Waals surface area contributed by atoms with E-state index in [4.69, 9.17) is 0 Å². The van der Waals surface area contributed by atoms with Gasteiger partial charge >= 0.3 is 0 Å². The SMILES string of the molecule is CCNc1cc(Nc2cccc(F)c2C)nc(SC)n1. The number of thioether (sulfide) groups is 1. The van der Waals surface area contributed by atoms with Gasteiger partial charge in [-0.2, -0.15) is 0 Å². The first-order valence-electron chi connectivity index (χ1n) is 6.33. The minimum Gasteiger partial charge on any atom is -0.370 e. The second-order valence-electron chi connectivity index (χ2n) is 4.19. The molecule has 0 amide bonds. The first-order valence-corrected chi connectivity index (χ1v) is 7.55. The highest BCUT2D eigenvalue weighted by Crippen LogP contribution is 2.24. The molecule has 2 aromatic rings. The van der Waals surface area contributed by atoms with Crippen LogP contribution >= 0.6 is 11.8 Å². The van der Waals surface area contributed by atoms with Crippen molar-refractivity contribution in [2.75, 3.05) is 23.4 Å². The van der Waals surface area contributed by atoms with Gasteiger partial charge in [0.15, 0.2) is 5.16 Å². The van der Waals surface area contributed by atoms with Gasteiger partial charge in [0.2, 0.25) is 0 Å². The largest absolute Gasteiger partial charge is 0.370 e. The van der Waals surface area contributed by atoms with Crippen LogP contribution in [0.2, 0.25) is 0 Å². The van der Waals surface area contributed by atoms with Gasteiger partial charge in [-0.3, -0.25) is 0 Å². The quantitative estimate of drug-likeness (QED) is 0.648. The van der Waals surface area contributed by atoms with Crippen molar-refractivity contribution in [3.8, 4) is 0 Å². The van der Waals surface area contributed by atoms with Crippen LogP contribution in [-0.4, -0.2) is 22.8 Å². The lowest BCUT2D eigenvalue weighted by molar-refractivity contribution is 0.619. The number of halogens is 1. The minimum absolute atomic E-state index is 0.235. The molecule has 0 saturated carbocycles. The van der Waals surface area contributed by atoms with Gasteiger partial charge in [0.1, 0.15) is 17.5 Å². The average Bonchev–Trinajstić information content (AvgIpc) is 2.44. The highest BCUT2D eigenvalue weighted by Gasteiger charge is 2.07. The molecule has 0 saturated heterocycles. The normalized spacial score (nSPS) is 10.4. The van der Waals surface area contributed by atoms with Crippen molar-refractivity contribution < 1.29 is 4.39 Å². The highest BCUT2D eigenvalue weighted by molar-refractivity contribution is 7.98. The van der Waals surface area contributed by atoms with E-state index in [-0.39, 0.29) is 5.82 Å². The van der Waals surface area contributed by atoms with Crippen molar-refractivity contribution in [1.82, 2.24) is 9.97 Å². The van der Waals surface area contributed by atoms with Crippen LogP contribution in [0.3, 0.4) is 0 Å². The molecule has 0 bridgehead atoms. The van der Waals surface area contributed by atoms with Crippen LogP contribution in [0.25, 0.3) is 0 Å². The van der Waals surface area contributed by atoms with Crippen LogP contribution < -0.4 is 10.6 Å². The number of rotatable bonds is 5. The van der Waals surface area contributed by atoms with Gasteiger partial charge in [0, 0.05) is 23.9 Å². The van der Waals surface area contributed by atoms with E-state index >= 15 is 0 Å². The summed E-state index contributed by atoms with van der Waals surface area (Å²) in [6.45, 7) is 4.52. The molecule has 6 heteroatoms. The third-order valence-electron chi connectivity index (χ3n) is 2.78. The van der Waals surface area contributed by atoms with E-state index in [0.717, 1.165) is 12.4 Å². The van der Waals surface area contributed by atoms with E-state index in [2.05, 4.69) is 20.6 Å². The molecule has 0 aliphatic carbocycles. The molecule has 2 rings (SSSR count). The van der Waals surface area contributed by atoms with Gasteiger partial charge < -0.3 is 10.6 Å². The lowest BCUT2D eigenvalue weighted by atomic mass is 10.2. The first-order chi connectivity index (χ1) is 9.63. The number of nitrogens with zero attached hydrogens (tertiary/aromatic N) is 2. The number of hydrogen-bond donors (Lipinski definition) is 2. The van der Waals surface area contributed by atoms with Gasteiger partial charge in [-0.1, -0.05) is 17.8 Å². The monoisotopic (exact) mass is 292 g/mol. The Bertz CT molecular complexity index is 604. The maximum atomic E-state index is 13.5. The third kappa shape index (κ3) is 3.39. The van der Waals surface area contributed by atoms with Gasteiger partial charge in [0.05, 0.1) is 0 Å². The Hall–Kier alpha value is -1.82. The molecule has 20 heavy (non-hydrogen) atoms. The van der Waals surface area contributed by atoms with Gasteiger partial charge in [-0.25, -0.2) is 14.4 Å². The van der Waals surface area contributed by atoms with Crippen LogP contribution in [0.15, 0.2) is 29.4 Å². The second kappa shape index (κ2) is 6.56. The molecule has 0 aliphatic heterocycles. The van der Waals surface area contributed by atoms with E-state index in [1.165, 1.54) is 17.8 Å². The fourth-order valence-electron chi connectivity index (χ4n) is 1.73. The van der Waals surface area contributed by atoms with Crippen LogP contribution in [0.1, 0.15) is 12.5 Å². The zero-order valence-corrected chi connectivity index (χ0v) is 12.5. The molecule has 0 atom stereocenters. The predicted molar refractivity (Wildman–Crippen MR) is 82.4 cm³/mol. The molecular formula is C14H17FN4S. The molecule has 2 N–H and O–H groups in total. The number of aromatic nitrogens is 2. The fraction of sp³-hybridized carbons (Fsp3) is 0.286. The van der Waals surface area contributed by atoms with E-state index in [1.807, 2.05) is 25.3 Å². The van der Waals surface area contributed by atoms with Crippen molar-refractivity contribution in [1.29, 1.82) is 0 Å². The summed E-state index contributed by atoms with van der Waals surface area (Å²) in [6, 6.07) is 6.75. The van der Waals surface area contributed by atoms with Crippen LogP contribution in [0.4, 0.5) is 21.7 Å². The Morgan fingerprint density at radius 1 is 1.25 bits per heavy atom. The number of nitrogens with one attached hydrogen (secondary N) is 2. The molecule has 106 valence electrons. The summed E-state index contributed by atoms with van der Waals surface area (Å²) >= 11 is 1.46. The number of benzene rings is 1. The van der Waals surface area contributed by atoms with Crippen molar-refractivity contribution >= 4 is 29.1 Å². The molecule has 1 aromatic carbocycles. The smallest absolute Gasteiger partial charge is 0.191 e. The van der Waals surface area contributed by atoms with E-state index in [1.54, 1.807) is 13.0 Å². The van der Waals surface area contributed by atoms with E-state index < -0.39 is 0 Å². The molecule has 0 unspecified atom stereocenters. The lowest BCUT2D eigenvalue weighted by Crippen LogP contribution is -2.04. The van der Waals surface area contributed by atoms with Gasteiger partial charge in [-0.05, 0) is 32.2 Å². The van der Waals surface area contributed by atoms with E-state index in [9.17, 15) is 4.39 Å². The van der Waals surface area contributed by atoms with Gasteiger partial charge in [0.25, 0.3) is 0 Å². The fourth-order valence-corrected chi connectivity index (χ4v) is 2.11. The first kappa shape index (κ1) is 14.6. The Balaban J connectivity index is 2.32. The van der Waals surface area contributed by atoms with Crippen LogP contribution in [-0.2, 0) is 0 Å². The molecule has 4 nitrogen and oxygen atoms in total. The number of anilines is 3. The number of hydrogen-bond acceptors (Lipinski definition) is 5. The summed E-state index contributed by atoms with van der Waals surface area (Å²) in [5.41, 5.74) is 1.28. The summed E-state index contributed by atoms with van der Waals surface area (Å²) < 4.78 is 13.5. The Morgan fingerprint density at radius 3 is 2.70 bits per heavy atom. The maximum absolute atomic E-state index is 13.5. The molecular weight excluding hydrogens is 275 g/mol. The maximum Gasteiger partial charge on any atom is 0.191 e. The zero-order valence-electron chi connectivity index (χ0n) is 11.7. The minimum atomic E-state index is -0.235. The molecule has 0 radical (unpaired) electrons. The molecule has 1 aromatic heterocycles. The molecule has 0 fully saturated rings. The molecule has 1 heterocycles. The Labute approximate surface area is 122 Å². The summed E-state index contributed by atoms with van der Waals surface area (Å²) in [5, 5.41) is 6.96. The van der Waals surface area contributed by atoms with Crippen molar-refractivity contribution in [3.05, 3.63) is 35.6 Å². The average molecular weight is 292 g/mol. The Kier molecular flexibility index (Phi) is 4.79. The third-order valence-corrected chi connectivity index (χ3v) is 3.32. The van der Waals surface area contributed by atoms with E-state index in [0.29, 0.717) is 22.2 Å². The molecule has 0 spiro atoms. The highest BCUT2D eigenvalue weighted by atomic mass is 32.2. The summed E-state index contributed by atoms with van der Waals surface area (Å²) in [6.07, 6.45) is 1.92. The lowest BCUT2D eigenvalue weighted by Gasteiger charge is -2.11. The van der Waals surface area contributed by atoms with Crippen molar-refractivity contribution in [2.24, 2.45) is 0 Å². The van der Waals surface area contributed by atoms with Crippen LogP contribution in [0, 0.1) is 12.7 Å². The summed E-state index contributed by atoms with van der Waals surface area (Å²) in [7, 11) is 0. The summed E-state index contributed by atoms with van der Waals surface area (Å²) in [5.74, 6) is 1.17. The molecule has 0 aliphatic rings. The topological polar surface area (TPSA) is 49.8 Å². The van der Waals surface area contributed by atoms with Crippen LogP contribution in [0.5, 0.6) is 0 Å². The van der Waals surface area contributed by atoms with Gasteiger partial charge in [-0.15, -0.1) is 0 Å². The summed E-state index contributed by atoms with van der Waals surface area (Å²) in [4.78, 5) is 8.73. The van der Waals surface area contributed by atoms with Crippen molar-refractivity contribution in [3.63, 3.8) is 0 Å². The Morgan fingerprint density at radius 2 is 2.00 bits per heavy atom. The second-order valence-corrected chi connectivity index (χ2v) is 4.97.